The first-order valence-corrected chi connectivity index (χ1v) is 6.51. The van der Waals surface area contributed by atoms with E-state index < -0.39 is 22.9 Å². The van der Waals surface area contributed by atoms with Gasteiger partial charge in [-0.3, -0.25) is 9.59 Å². The summed E-state index contributed by atoms with van der Waals surface area (Å²) in [6.45, 7) is 0. The van der Waals surface area contributed by atoms with E-state index in [9.17, 15) is 14.7 Å². The molecule has 0 aromatic carbocycles. The van der Waals surface area contributed by atoms with Crippen LogP contribution in [0.5, 0.6) is 0 Å². The normalized spacial score (nSPS) is 49.3. The molecule has 0 aliphatic heterocycles. The van der Waals surface area contributed by atoms with Crippen molar-refractivity contribution in [2.45, 2.75) is 50.5 Å². The van der Waals surface area contributed by atoms with Crippen LogP contribution in [0.1, 0.15) is 44.9 Å². The SMILES string of the molecule is N[C@@]12C[C@H]3C[C@@](CC(=O)O)(C1)C[C@](C(=O)O)(C3)C2. The van der Waals surface area contributed by atoms with Gasteiger partial charge in [0.1, 0.15) is 0 Å². The Morgan fingerprint density at radius 1 is 1.11 bits per heavy atom. The van der Waals surface area contributed by atoms with Crippen LogP contribution in [0.3, 0.4) is 0 Å². The molecule has 4 fully saturated rings. The van der Waals surface area contributed by atoms with E-state index >= 15 is 0 Å². The average molecular weight is 253 g/mol. The summed E-state index contributed by atoms with van der Waals surface area (Å²) in [5, 5.41) is 18.6. The lowest BCUT2D eigenvalue weighted by Gasteiger charge is -2.64. The topological polar surface area (TPSA) is 101 Å². The lowest BCUT2D eigenvalue weighted by molar-refractivity contribution is -0.181. The molecule has 0 unspecified atom stereocenters. The van der Waals surface area contributed by atoms with Crippen molar-refractivity contribution in [1.82, 2.24) is 0 Å². The molecule has 4 saturated carbocycles. The molecule has 0 amide bonds. The number of rotatable bonds is 3. The van der Waals surface area contributed by atoms with E-state index in [2.05, 4.69) is 0 Å². The fourth-order valence-electron chi connectivity index (χ4n) is 5.47. The first-order chi connectivity index (χ1) is 8.27. The summed E-state index contributed by atoms with van der Waals surface area (Å²) in [4.78, 5) is 22.7. The number of hydrogen-bond donors (Lipinski definition) is 3. The molecule has 0 heterocycles. The summed E-state index contributed by atoms with van der Waals surface area (Å²) in [7, 11) is 0. The van der Waals surface area contributed by atoms with Gasteiger partial charge in [0.05, 0.1) is 11.8 Å². The van der Waals surface area contributed by atoms with E-state index in [0.29, 0.717) is 31.6 Å². The van der Waals surface area contributed by atoms with Crippen molar-refractivity contribution in [3.63, 3.8) is 0 Å². The van der Waals surface area contributed by atoms with Crippen molar-refractivity contribution in [3.05, 3.63) is 0 Å². The molecule has 4 aliphatic carbocycles. The van der Waals surface area contributed by atoms with Gasteiger partial charge in [-0.05, 0) is 49.9 Å². The van der Waals surface area contributed by atoms with Gasteiger partial charge in [0.25, 0.3) is 0 Å². The monoisotopic (exact) mass is 253 g/mol. The van der Waals surface area contributed by atoms with E-state index in [0.717, 1.165) is 12.8 Å². The number of aliphatic carboxylic acids is 2. The Morgan fingerprint density at radius 3 is 2.39 bits per heavy atom. The molecule has 0 saturated heterocycles. The van der Waals surface area contributed by atoms with Gasteiger partial charge in [-0.2, -0.15) is 0 Å². The van der Waals surface area contributed by atoms with E-state index in [1.807, 2.05) is 0 Å². The van der Waals surface area contributed by atoms with Gasteiger partial charge >= 0.3 is 11.9 Å². The lowest BCUT2D eigenvalue weighted by atomic mass is 9.41. The van der Waals surface area contributed by atoms with E-state index in [1.165, 1.54) is 0 Å². The molecule has 4 aliphatic rings. The third-order valence-electron chi connectivity index (χ3n) is 5.21. The van der Waals surface area contributed by atoms with E-state index in [4.69, 9.17) is 10.8 Å². The molecule has 5 heteroatoms. The van der Waals surface area contributed by atoms with E-state index in [1.54, 1.807) is 0 Å². The average Bonchev–Trinajstić information content (AvgIpc) is 2.09. The van der Waals surface area contributed by atoms with Gasteiger partial charge in [-0.15, -0.1) is 0 Å². The first-order valence-electron chi connectivity index (χ1n) is 6.51. The Hall–Kier alpha value is -1.10. The lowest BCUT2D eigenvalue weighted by Crippen LogP contribution is -2.65. The van der Waals surface area contributed by atoms with Crippen molar-refractivity contribution < 1.29 is 19.8 Å². The number of carboxylic acid groups (broad SMARTS) is 2. The molecule has 4 N–H and O–H groups in total. The Bertz CT molecular complexity index is 437. The Kier molecular flexibility index (Phi) is 2.17. The number of nitrogens with two attached hydrogens (primary N) is 1. The first kappa shape index (κ1) is 12.0. The maximum atomic E-state index is 11.6. The highest BCUT2D eigenvalue weighted by atomic mass is 16.4. The molecular weight excluding hydrogens is 234 g/mol. The van der Waals surface area contributed by atoms with Crippen LogP contribution in [-0.4, -0.2) is 27.7 Å². The van der Waals surface area contributed by atoms with Gasteiger partial charge in [0, 0.05) is 5.54 Å². The molecule has 5 nitrogen and oxygen atoms in total. The maximum Gasteiger partial charge on any atom is 0.309 e. The summed E-state index contributed by atoms with van der Waals surface area (Å²) >= 11 is 0. The van der Waals surface area contributed by atoms with Gasteiger partial charge in [0.15, 0.2) is 0 Å². The molecule has 0 radical (unpaired) electrons. The zero-order valence-corrected chi connectivity index (χ0v) is 10.3. The highest BCUT2D eigenvalue weighted by Crippen LogP contribution is 2.67. The minimum Gasteiger partial charge on any atom is -0.481 e. The minimum absolute atomic E-state index is 0.0669. The number of hydrogen-bond acceptors (Lipinski definition) is 3. The smallest absolute Gasteiger partial charge is 0.309 e. The van der Waals surface area contributed by atoms with Crippen molar-refractivity contribution >= 4 is 11.9 Å². The molecule has 18 heavy (non-hydrogen) atoms. The summed E-state index contributed by atoms with van der Waals surface area (Å²) < 4.78 is 0. The summed E-state index contributed by atoms with van der Waals surface area (Å²) in [6.07, 6.45) is 4.15. The van der Waals surface area contributed by atoms with Crippen LogP contribution in [0.25, 0.3) is 0 Å². The Labute approximate surface area is 105 Å². The Morgan fingerprint density at radius 2 is 1.83 bits per heavy atom. The maximum absolute atomic E-state index is 11.6. The van der Waals surface area contributed by atoms with E-state index in [-0.39, 0.29) is 11.8 Å². The van der Waals surface area contributed by atoms with Crippen molar-refractivity contribution in [1.29, 1.82) is 0 Å². The zero-order chi connectivity index (χ0) is 13.2. The van der Waals surface area contributed by atoms with Crippen molar-refractivity contribution in [2.75, 3.05) is 0 Å². The standard InChI is InChI=1S/C13H19NO4/c14-13-3-8-1-11(6-13,4-9(15)16)5-12(2-8,7-13)10(17)18/h8H,1-7,14H2,(H,15,16)(H,17,18)/t8-,11-,12+,13-/m0/s1. The molecule has 0 aromatic rings. The van der Waals surface area contributed by atoms with Gasteiger partial charge in [-0.1, -0.05) is 0 Å². The molecule has 0 aromatic heterocycles. The molecular formula is C13H19NO4. The molecule has 4 atom stereocenters. The molecule has 0 spiro atoms. The predicted octanol–water partition coefficient (Wildman–Crippen LogP) is 1.21. The molecule has 100 valence electrons. The quantitative estimate of drug-likeness (QED) is 0.702. The largest absolute Gasteiger partial charge is 0.481 e. The van der Waals surface area contributed by atoms with Crippen LogP contribution in [-0.2, 0) is 9.59 Å². The van der Waals surface area contributed by atoms with Crippen molar-refractivity contribution in [2.24, 2.45) is 22.5 Å². The van der Waals surface area contributed by atoms with Gasteiger partial charge < -0.3 is 15.9 Å². The zero-order valence-electron chi connectivity index (χ0n) is 10.3. The van der Waals surface area contributed by atoms with Crippen LogP contribution in [0, 0.1) is 16.7 Å². The fourth-order valence-corrected chi connectivity index (χ4v) is 5.47. The van der Waals surface area contributed by atoms with Gasteiger partial charge in [-0.25, -0.2) is 0 Å². The van der Waals surface area contributed by atoms with Crippen LogP contribution in [0.15, 0.2) is 0 Å². The number of carboxylic acids is 2. The van der Waals surface area contributed by atoms with Gasteiger partial charge in [0.2, 0.25) is 0 Å². The molecule has 4 bridgehead atoms. The van der Waals surface area contributed by atoms with Crippen LogP contribution >= 0.6 is 0 Å². The second-order valence-corrected chi connectivity index (χ2v) is 7.03. The number of carbonyl (C=O) groups is 2. The minimum atomic E-state index is -0.832. The Balaban J connectivity index is 2.00. The van der Waals surface area contributed by atoms with Crippen LogP contribution in [0.2, 0.25) is 0 Å². The predicted molar refractivity (Wildman–Crippen MR) is 62.9 cm³/mol. The van der Waals surface area contributed by atoms with Crippen LogP contribution < -0.4 is 5.73 Å². The second-order valence-electron chi connectivity index (χ2n) is 7.03. The highest BCUT2D eigenvalue weighted by molar-refractivity contribution is 5.76. The summed E-state index contributed by atoms with van der Waals surface area (Å²) in [5.41, 5.74) is 4.76. The fraction of sp³-hybridized carbons (Fsp3) is 0.846. The van der Waals surface area contributed by atoms with Crippen LogP contribution in [0.4, 0.5) is 0 Å². The van der Waals surface area contributed by atoms with Crippen molar-refractivity contribution in [3.8, 4) is 0 Å². The second kappa shape index (κ2) is 3.26. The summed E-state index contributed by atoms with van der Waals surface area (Å²) in [5.74, 6) is -1.32. The highest BCUT2D eigenvalue weighted by Gasteiger charge is 2.65. The summed E-state index contributed by atoms with van der Waals surface area (Å²) in [6, 6.07) is 0. The third kappa shape index (κ3) is 1.56. The molecule has 4 rings (SSSR count). The third-order valence-corrected chi connectivity index (χ3v) is 5.21.